The van der Waals surface area contributed by atoms with E-state index in [1.807, 2.05) is 17.0 Å². The summed E-state index contributed by atoms with van der Waals surface area (Å²) in [6.07, 6.45) is 1.44. The minimum atomic E-state index is 0.288. The van der Waals surface area contributed by atoms with E-state index in [0.29, 0.717) is 6.42 Å². The third-order valence-electron chi connectivity index (χ3n) is 3.69. The van der Waals surface area contributed by atoms with Gasteiger partial charge in [-0.3, -0.25) is 4.79 Å². The van der Waals surface area contributed by atoms with Crippen LogP contribution in [0, 0.1) is 0 Å². The van der Waals surface area contributed by atoms with Crippen molar-refractivity contribution in [2.24, 2.45) is 0 Å². The SMILES string of the molecule is CCN1CCN(C(=O)CCc2cccc(Br)c2)CC1. The number of carbonyl (C=O) groups is 1. The van der Waals surface area contributed by atoms with Crippen LogP contribution < -0.4 is 0 Å². The van der Waals surface area contributed by atoms with Crippen molar-refractivity contribution in [3.63, 3.8) is 0 Å². The van der Waals surface area contributed by atoms with E-state index in [-0.39, 0.29) is 5.91 Å². The van der Waals surface area contributed by atoms with Crippen molar-refractivity contribution in [2.75, 3.05) is 32.7 Å². The molecule has 0 unspecified atom stereocenters. The Labute approximate surface area is 123 Å². The summed E-state index contributed by atoms with van der Waals surface area (Å²) in [5, 5.41) is 0. The first-order valence-electron chi connectivity index (χ1n) is 6.93. The van der Waals surface area contributed by atoms with Crippen molar-refractivity contribution in [2.45, 2.75) is 19.8 Å². The Hall–Kier alpha value is -0.870. The topological polar surface area (TPSA) is 23.6 Å². The molecule has 1 aromatic rings. The standard InChI is InChI=1S/C15H21BrN2O/c1-2-17-8-10-18(11-9-17)15(19)7-6-13-4-3-5-14(16)12-13/h3-5,12H,2,6-11H2,1H3. The number of piperazine rings is 1. The van der Waals surface area contributed by atoms with Gasteiger partial charge in [0.2, 0.25) is 5.91 Å². The monoisotopic (exact) mass is 324 g/mol. The maximum absolute atomic E-state index is 12.1. The lowest BCUT2D eigenvalue weighted by Gasteiger charge is -2.34. The highest BCUT2D eigenvalue weighted by Crippen LogP contribution is 2.14. The van der Waals surface area contributed by atoms with E-state index in [2.05, 4.69) is 39.9 Å². The van der Waals surface area contributed by atoms with Gasteiger partial charge in [-0.1, -0.05) is 35.0 Å². The highest BCUT2D eigenvalue weighted by Gasteiger charge is 2.19. The van der Waals surface area contributed by atoms with Crippen LogP contribution in [0.4, 0.5) is 0 Å². The second-order valence-electron chi connectivity index (χ2n) is 4.94. The fraction of sp³-hybridized carbons (Fsp3) is 0.533. The molecule has 0 radical (unpaired) electrons. The number of halogens is 1. The lowest BCUT2D eigenvalue weighted by atomic mass is 10.1. The molecule has 3 nitrogen and oxygen atoms in total. The van der Waals surface area contributed by atoms with Crippen LogP contribution in [0.3, 0.4) is 0 Å². The van der Waals surface area contributed by atoms with Gasteiger partial charge < -0.3 is 9.80 Å². The first kappa shape index (κ1) is 14.5. The third kappa shape index (κ3) is 4.32. The molecule has 19 heavy (non-hydrogen) atoms. The van der Waals surface area contributed by atoms with Crippen molar-refractivity contribution in [1.82, 2.24) is 9.80 Å². The molecule has 104 valence electrons. The Kier molecular flexibility index (Phi) is 5.40. The number of hydrogen-bond donors (Lipinski definition) is 0. The molecule has 1 amide bonds. The summed E-state index contributed by atoms with van der Waals surface area (Å²) in [4.78, 5) is 16.5. The predicted octanol–water partition coefficient (Wildman–Crippen LogP) is 2.55. The van der Waals surface area contributed by atoms with Crippen molar-refractivity contribution in [3.05, 3.63) is 34.3 Å². The van der Waals surface area contributed by atoms with Crippen LogP contribution in [0.25, 0.3) is 0 Å². The summed E-state index contributed by atoms with van der Waals surface area (Å²) < 4.78 is 1.08. The molecule has 0 bridgehead atoms. The maximum Gasteiger partial charge on any atom is 0.222 e. The maximum atomic E-state index is 12.1. The number of likely N-dealkylation sites (N-methyl/N-ethyl adjacent to an activating group) is 1. The molecule has 1 aliphatic heterocycles. The molecule has 0 atom stereocenters. The second-order valence-corrected chi connectivity index (χ2v) is 5.86. The van der Waals surface area contributed by atoms with Gasteiger partial charge in [-0.05, 0) is 30.7 Å². The first-order chi connectivity index (χ1) is 9.19. The van der Waals surface area contributed by atoms with Crippen LogP contribution in [-0.4, -0.2) is 48.4 Å². The van der Waals surface area contributed by atoms with E-state index in [1.165, 1.54) is 5.56 Å². The third-order valence-corrected chi connectivity index (χ3v) is 4.18. The highest BCUT2D eigenvalue weighted by atomic mass is 79.9. The molecule has 4 heteroatoms. The average molecular weight is 325 g/mol. The zero-order valence-corrected chi connectivity index (χ0v) is 13.0. The first-order valence-corrected chi connectivity index (χ1v) is 7.73. The van der Waals surface area contributed by atoms with Gasteiger partial charge in [0.25, 0.3) is 0 Å². The number of rotatable bonds is 4. The van der Waals surface area contributed by atoms with Crippen molar-refractivity contribution < 1.29 is 4.79 Å². The molecular formula is C15H21BrN2O. The molecule has 1 aromatic carbocycles. The smallest absolute Gasteiger partial charge is 0.222 e. The molecule has 0 N–H and O–H groups in total. The van der Waals surface area contributed by atoms with E-state index >= 15 is 0 Å². The van der Waals surface area contributed by atoms with Crippen molar-refractivity contribution in [1.29, 1.82) is 0 Å². The van der Waals surface area contributed by atoms with Gasteiger partial charge in [0.15, 0.2) is 0 Å². The molecule has 2 rings (SSSR count). The fourth-order valence-electron chi connectivity index (χ4n) is 2.42. The Balaban J connectivity index is 1.79. The van der Waals surface area contributed by atoms with E-state index < -0.39 is 0 Å². The summed E-state index contributed by atoms with van der Waals surface area (Å²) in [7, 11) is 0. The normalized spacial score (nSPS) is 16.6. The lowest BCUT2D eigenvalue weighted by molar-refractivity contribution is -0.132. The molecular weight excluding hydrogens is 304 g/mol. The van der Waals surface area contributed by atoms with Gasteiger partial charge >= 0.3 is 0 Å². The number of hydrogen-bond acceptors (Lipinski definition) is 2. The summed E-state index contributed by atoms with van der Waals surface area (Å²) in [5.41, 5.74) is 1.22. The largest absolute Gasteiger partial charge is 0.340 e. The Morgan fingerprint density at radius 3 is 2.63 bits per heavy atom. The minimum Gasteiger partial charge on any atom is -0.340 e. The lowest BCUT2D eigenvalue weighted by Crippen LogP contribution is -2.48. The van der Waals surface area contributed by atoms with Gasteiger partial charge in [0.1, 0.15) is 0 Å². The molecule has 0 saturated carbocycles. The zero-order valence-electron chi connectivity index (χ0n) is 11.4. The fourth-order valence-corrected chi connectivity index (χ4v) is 2.86. The average Bonchev–Trinajstić information content (AvgIpc) is 2.45. The summed E-state index contributed by atoms with van der Waals surface area (Å²) in [6.45, 7) is 7.04. The summed E-state index contributed by atoms with van der Waals surface area (Å²) in [5.74, 6) is 0.288. The van der Waals surface area contributed by atoms with E-state index in [4.69, 9.17) is 0 Å². The predicted molar refractivity (Wildman–Crippen MR) is 81.2 cm³/mol. The van der Waals surface area contributed by atoms with Gasteiger partial charge in [-0.25, -0.2) is 0 Å². The minimum absolute atomic E-state index is 0.288. The van der Waals surface area contributed by atoms with Gasteiger partial charge in [-0.15, -0.1) is 0 Å². The van der Waals surface area contributed by atoms with Crippen LogP contribution in [-0.2, 0) is 11.2 Å². The van der Waals surface area contributed by atoms with Crippen molar-refractivity contribution in [3.8, 4) is 0 Å². The molecule has 0 aromatic heterocycles. The van der Waals surface area contributed by atoms with Gasteiger partial charge in [-0.2, -0.15) is 0 Å². The van der Waals surface area contributed by atoms with Crippen LogP contribution in [0.2, 0.25) is 0 Å². The Morgan fingerprint density at radius 2 is 2.00 bits per heavy atom. The molecule has 1 saturated heterocycles. The summed E-state index contributed by atoms with van der Waals surface area (Å²) in [6, 6.07) is 8.19. The highest BCUT2D eigenvalue weighted by molar-refractivity contribution is 9.10. The number of amides is 1. The Morgan fingerprint density at radius 1 is 1.26 bits per heavy atom. The number of benzene rings is 1. The van der Waals surface area contributed by atoms with Crippen LogP contribution >= 0.6 is 15.9 Å². The van der Waals surface area contributed by atoms with Crippen LogP contribution in [0.5, 0.6) is 0 Å². The molecule has 0 spiro atoms. The van der Waals surface area contributed by atoms with E-state index in [1.54, 1.807) is 0 Å². The Bertz CT molecular complexity index is 428. The van der Waals surface area contributed by atoms with Gasteiger partial charge in [0, 0.05) is 37.1 Å². The number of aryl methyl sites for hydroxylation is 1. The van der Waals surface area contributed by atoms with E-state index in [9.17, 15) is 4.79 Å². The number of nitrogens with zero attached hydrogens (tertiary/aromatic N) is 2. The summed E-state index contributed by atoms with van der Waals surface area (Å²) >= 11 is 3.46. The molecule has 1 fully saturated rings. The van der Waals surface area contributed by atoms with Crippen LogP contribution in [0.1, 0.15) is 18.9 Å². The molecule has 0 aliphatic carbocycles. The van der Waals surface area contributed by atoms with E-state index in [0.717, 1.165) is 43.6 Å². The number of carbonyl (C=O) groups excluding carboxylic acids is 1. The molecule has 1 aliphatic rings. The van der Waals surface area contributed by atoms with Crippen molar-refractivity contribution >= 4 is 21.8 Å². The van der Waals surface area contributed by atoms with Crippen LogP contribution in [0.15, 0.2) is 28.7 Å². The van der Waals surface area contributed by atoms with Gasteiger partial charge in [0.05, 0.1) is 0 Å². The second kappa shape index (κ2) is 7.06. The molecule has 1 heterocycles. The zero-order chi connectivity index (χ0) is 13.7. The quantitative estimate of drug-likeness (QED) is 0.849.